The van der Waals surface area contributed by atoms with E-state index in [2.05, 4.69) is 157 Å². The minimum Gasteiger partial charge on any atom is -0.455 e. The van der Waals surface area contributed by atoms with Gasteiger partial charge in [-0.2, -0.15) is 0 Å². The van der Waals surface area contributed by atoms with Gasteiger partial charge in [-0.05, 0) is 112 Å². The van der Waals surface area contributed by atoms with Crippen molar-refractivity contribution in [3.8, 4) is 22.3 Å². The molecule has 0 amide bonds. The number of nitrogens with zero attached hydrogens (tertiary/aromatic N) is 2. The molecule has 0 spiro atoms. The molecule has 9 aromatic rings. The standard InChI is InChI=1S/C47H32N2O/c1-2-10-31(11-3-1)32-18-22-35(23-19-32)49(37-29-44-45(48-30-37)27-26-42-41-16-8-9-17-46(41)50-47(42)44)36-24-20-33(21-25-36)43-28-34-12-4-5-13-38(34)39-14-6-7-15-40(39)43/h1-4,6-12,14-30H,5,13H2. The summed E-state index contributed by atoms with van der Waals surface area (Å²) in [5.74, 6) is 0. The summed E-state index contributed by atoms with van der Waals surface area (Å²) in [5.41, 5.74) is 13.3. The molecular formula is C47H32N2O. The van der Waals surface area contributed by atoms with Crippen LogP contribution in [0.4, 0.5) is 17.1 Å². The lowest BCUT2D eigenvalue weighted by Crippen LogP contribution is -2.10. The van der Waals surface area contributed by atoms with Crippen LogP contribution in [-0.4, -0.2) is 4.98 Å². The van der Waals surface area contributed by atoms with Gasteiger partial charge in [0.15, 0.2) is 0 Å². The van der Waals surface area contributed by atoms with E-state index in [9.17, 15) is 0 Å². The van der Waals surface area contributed by atoms with Crippen molar-refractivity contribution in [1.82, 2.24) is 4.98 Å². The Labute approximate surface area is 290 Å². The fourth-order valence-electron chi connectivity index (χ4n) is 7.73. The predicted octanol–water partition coefficient (Wildman–Crippen LogP) is 13.1. The van der Waals surface area contributed by atoms with Gasteiger partial charge in [0, 0.05) is 27.5 Å². The van der Waals surface area contributed by atoms with Gasteiger partial charge in [0.25, 0.3) is 0 Å². The Morgan fingerprint density at radius 2 is 1.20 bits per heavy atom. The Kier molecular flexibility index (Phi) is 6.63. The van der Waals surface area contributed by atoms with Crippen LogP contribution in [-0.2, 0) is 6.42 Å². The molecule has 236 valence electrons. The van der Waals surface area contributed by atoms with Gasteiger partial charge in [-0.15, -0.1) is 0 Å². The molecule has 0 unspecified atom stereocenters. The summed E-state index contributed by atoms with van der Waals surface area (Å²) in [4.78, 5) is 7.26. The van der Waals surface area contributed by atoms with Crippen LogP contribution >= 0.6 is 0 Å². The topological polar surface area (TPSA) is 29.3 Å². The molecule has 3 heteroatoms. The fraction of sp³-hybridized carbons (Fsp3) is 0.0426. The van der Waals surface area contributed by atoms with Crippen LogP contribution in [0.15, 0.2) is 168 Å². The van der Waals surface area contributed by atoms with E-state index in [1.54, 1.807) is 0 Å². The van der Waals surface area contributed by atoms with E-state index in [4.69, 9.17) is 9.40 Å². The molecule has 0 saturated heterocycles. The number of aryl methyl sites for hydroxylation is 1. The van der Waals surface area contributed by atoms with Crippen molar-refractivity contribution >= 4 is 66.8 Å². The summed E-state index contributed by atoms with van der Waals surface area (Å²) in [5, 5.41) is 5.86. The first-order valence-electron chi connectivity index (χ1n) is 17.3. The Balaban J connectivity index is 1.13. The molecule has 2 aromatic heterocycles. The molecule has 50 heavy (non-hydrogen) atoms. The van der Waals surface area contributed by atoms with Crippen LogP contribution in [0, 0.1) is 0 Å². The second-order valence-electron chi connectivity index (χ2n) is 13.1. The van der Waals surface area contributed by atoms with Crippen molar-refractivity contribution in [3.63, 3.8) is 0 Å². The van der Waals surface area contributed by atoms with Crippen LogP contribution < -0.4 is 4.90 Å². The molecule has 1 aliphatic rings. The SMILES string of the molecule is C1=Cc2cc(-c3ccc(N(c4ccc(-c5ccccc5)cc4)c4cnc5ccc6c7ccccc7oc6c5c4)cc3)c3ccccc3c2CC1. The highest BCUT2D eigenvalue weighted by atomic mass is 16.3. The first kappa shape index (κ1) is 28.6. The van der Waals surface area contributed by atoms with Crippen molar-refractivity contribution in [1.29, 1.82) is 0 Å². The van der Waals surface area contributed by atoms with Gasteiger partial charge in [-0.3, -0.25) is 4.98 Å². The third kappa shape index (κ3) is 4.70. The predicted molar refractivity (Wildman–Crippen MR) is 209 cm³/mol. The van der Waals surface area contributed by atoms with Gasteiger partial charge in [0.1, 0.15) is 11.2 Å². The lowest BCUT2D eigenvalue weighted by atomic mass is 9.87. The number of hydrogen-bond donors (Lipinski definition) is 0. The number of allylic oxidation sites excluding steroid dienone is 1. The average Bonchev–Trinajstić information content (AvgIpc) is 3.58. The van der Waals surface area contributed by atoms with Gasteiger partial charge in [-0.1, -0.05) is 109 Å². The minimum atomic E-state index is 0.862. The van der Waals surface area contributed by atoms with E-state index in [0.717, 1.165) is 62.7 Å². The Hall–Kier alpha value is -6.45. The van der Waals surface area contributed by atoms with Crippen LogP contribution in [0.2, 0.25) is 0 Å². The molecule has 7 aromatic carbocycles. The summed E-state index contributed by atoms with van der Waals surface area (Å²) in [7, 11) is 0. The van der Waals surface area contributed by atoms with Gasteiger partial charge in [0.05, 0.1) is 17.4 Å². The fourth-order valence-corrected chi connectivity index (χ4v) is 7.73. The van der Waals surface area contributed by atoms with Crippen molar-refractivity contribution in [3.05, 3.63) is 175 Å². The molecule has 10 rings (SSSR count). The zero-order valence-electron chi connectivity index (χ0n) is 27.4. The molecule has 2 heterocycles. The van der Waals surface area contributed by atoms with Crippen LogP contribution in [0.25, 0.3) is 71.9 Å². The first-order valence-corrected chi connectivity index (χ1v) is 17.3. The lowest BCUT2D eigenvalue weighted by Gasteiger charge is -2.26. The third-order valence-corrected chi connectivity index (χ3v) is 10.2. The van der Waals surface area contributed by atoms with E-state index >= 15 is 0 Å². The largest absolute Gasteiger partial charge is 0.455 e. The first-order chi connectivity index (χ1) is 24.8. The lowest BCUT2D eigenvalue weighted by molar-refractivity contribution is 0.672. The maximum absolute atomic E-state index is 6.45. The molecule has 0 saturated carbocycles. The van der Waals surface area contributed by atoms with Gasteiger partial charge < -0.3 is 9.32 Å². The second kappa shape index (κ2) is 11.6. The van der Waals surface area contributed by atoms with E-state index in [-0.39, 0.29) is 0 Å². The highest BCUT2D eigenvalue weighted by Crippen LogP contribution is 2.41. The Morgan fingerprint density at radius 3 is 2.00 bits per heavy atom. The number of benzene rings is 7. The van der Waals surface area contributed by atoms with Gasteiger partial charge in [0.2, 0.25) is 0 Å². The smallest absolute Gasteiger partial charge is 0.144 e. The Bertz CT molecular complexity index is 2740. The van der Waals surface area contributed by atoms with E-state index in [1.807, 2.05) is 18.3 Å². The normalized spacial score (nSPS) is 12.6. The summed E-state index contributed by atoms with van der Waals surface area (Å²) < 4.78 is 6.45. The summed E-state index contributed by atoms with van der Waals surface area (Å²) >= 11 is 0. The molecular weight excluding hydrogens is 609 g/mol. The van der Waals surface area contributed by atoms with Gasteiger partial charge >= 0.3 is 0 Å². The monoisotopic (exact) mass is 640 g/mol. The quantitative estimate of drug-likeness (QED) is 0.187. The third-order valence-electron chi connectivity index (χ3n) is 10.2. The maximum atomic E-state index is 6.45. The van der Waals surface area contributed by atoms with Crippen molar-refractivity contribution < 1.29 is 4.42 Å². The summed E-state index contributed by atoms with van der Waals surface area (Å²) in [6.07, 6.45) is 8.74. The van der Waals surface area contributed by atoms with E-state index in [1.165, 1.54) is 44.2 Å². The van der Waals surface area contributed by atoms with E-state index < -0.39 is 0 Å². The van der Waals surface area contributed by atoms with Crippen molar-refractivity contribution in [2.24, 2.45) is 0 Å². The van der Waals surface area contributed by atoms with Crippen molar-refractivity contribution in [2.75, 3.05) is 4.90 Å². The maximum Gasteiger partial charge on any atom is 0.144 e. The van der Waals surface area contributed by atoms with Crippen LogP contribution in [0.5, 0.6) is 0 Å². The molecule has 0 atom stereocenters. The zero-order valence-corrected chi connectivity index (χ0v) is 27.4. The van der Waals surface area contributed by atoms with Crippen LogP contribution in [0.1, 0.15) is 17.5 Å². The van der Waals surface area contributed by atoms with E-state index in [0.29, 0.717) is 0 Å². The number of para-hydroxylation sites is 1. The number of fused-ring (bicyclic) bond motifs is 8. The van der Waals surface area contributed by atoms with Crippen LogP contribution in [0.3, 0.4) is 0 Å². The summed E-state index contributed by atoms with van der Waals surface area (Å²) in [6.45, 7) is 0. The van der Waals surface area contributed by atoms with Gasteiger partial charge in [-0.25, -0.2) is 0 Å². The number of furan rings is 1. The zero-order chi connectivity index (χ0) is 33.0. The highest BCUT2D eigenvalue weighted by Gasteiger charge is 2.18. The average molecular weight is 641 g/mol. The minimum absolute atomic E-state index is 0.862. The number of aromatic nitrogens is 1. The summed E-state index contributed by atoms with van der Waals surface area (Å²) in [6, 6.07) is 54.2. The Morgan fingerprint density at radius 1 is 0.520 bits per heavy atom. The highest BCUT2D eigenvalue weighted by molar-refractivity contribution is 6.15. The molecule has 0 radical (unpaired) electrons. The second-order valence-corrected chi connectivity index (χ2v) is 13.1. The molecule has 0 bridgehead atoms. The molecule has 0 N–H and O–H groups in total. The number of rotatable bonds is 5. The van der Waals surface area contributed by atoms with Crippen molar-refractivity contribution in [2.45, 2.75) is 12.8 Å². The molecule has 3 nitrogen and oxygen atoms in total. The number of anilines is 3. The number of pyridine rings is 1. The molecule has 0 aliphatic heterocycles. The molecule has 1 aliphatic carbocycles. The number of hydrogen-bond acceptors (Lipinski definition) is 3. The molecule has 0 fully saturated rings.